The molecule has 3 rings (SSSR count). The Balaban J connectivity index is 1.81. The van der Waals surface area contributed by atoms with Crippen LogP contribution in [0, 0.1) is 12.1 Å². The van der Waals surface area contributed by atoms with E-state index in [2.05, 4.69) is 27.6 Å². The maximum absolute atomic E-state index is 12.8. The molecule has 0 bridgehead atoms. The Morgan fingerprint density at radius 2 is 1.97 bits per heavy atom. The lowest BCUT2D eigenvalue weighted by Gasteiger charge is -2.21. The molecule has 2 aromatic heterocycles. The lowest BCUT2D eigenvalue weighted by atomic mass is 10.1. The molecule has 1 saturated heterocycles. The molecule has 0 aromatic carbocycles. The van der Waals surface area contributed by atoms with Gasteiger partial charge in [0.1, 0.15) is 18.3 Å². The Hall–Kier alpha value is -1.96. The number of aryl methyl sites for hydroxylation is 1. The quantitative estimate of drug-likeness (QED) is 0.150. The summed E-state index contributed by atoms with van der Waals surface area (Å²) >= 11 is 0. The van der Waals surface area contributed by atoms with Gasteiger partial charge in [0.05, 0.1) is 13.7 Å². The number of methoxy groups -OCH3 is 1. The van der Waals surface area contributed by atoms with Crippen molar-refractivity contribution in [2.75, 3.05) is 33.7 Å². The zero-order valence-electron chi connectivity index (χ0n) is 19.8. The molecule has 7 atom stereocenters. The molecule has 0 radical (unpaired) electrons. The molecular weight excluding hydrogens is 563 g/mol. The predicted octanol–water partition coefficient (Wildman–Crippen LogP) is -0.260. The van der Waals surface area contributed by atoms with Gasteiger partial charge in [-0.3, -0.25) is 23.4 Å². The highest BCUT2D eigenvalue weighted by atomic mass is 31.3. The largest absolute Gasteiger partial charge is 0.489 e. The second-order valence-corrected chi connectivity index (χ2v) is 12.8. The first-order valence-electron chi connectivity index (χ1n) is 10.0. The van der Waals surface area contributed by atoms with Crippen molar-refractivity contribution in [3.05, 3.63) is 16.7 Å². The molecule has 1 fully saturated rings. The molecule has 0 aliphatic carbocycles. The molecule has 0 spiro atoms. The van der Waals surface area contributed by atoms with Gasteiger partial charge < -0.3 is 29.7 Å². The molecule has 5 N–H and O–H groups in total. The van der Waals surface area contributed by atoms with E-state index in [1.165, 1.54) is 22.6 Å². The van der Waals surface area contributed by atoms with Gasteiger partial charge in [-0.25, -0.2) is 18.3 Å². The molecule has 206 valence electrons. The predicted molar refractivity (Wildman–Crippen MR) is 123 cm³/mol. The van der Waals surface area contributed by atoms with E-state index in [-0.39, 0.29) is 17.1 Å². The van der Waals surface area contributed by atoms with Gasteiger partial charge in [0.25, 0.3) is 11.5 Å². The highest BCUT2D eigenvalue weighted by Gasteiger charge is 2.50. The first-order valence-corrected chi connectivity index (χ1v) is 14.5. The summed E-state index contributed by atoms with van der Waals surface area (Å²) in [6.45, 7) is -0.721. The normalized spacial score (nSPS) is 26.8. The summed E-state index contributed by atoms with van der Waals surface area (Å²) in [6.07, 6.45) is 1.60. The second kappa shape index (κ2) is 11.0. The number of nitrogens with two attached hydrogens (primary N) is 1. The molecule has 2 aromatic rings. The van der Waals surface area contributed by atoms with Gasteiger partial charge >= 0.3 is 28.9 Å². The lowest BCUT2D eigenvalue weighted by Crippen LogP contribution is -2.47. The first-order chi connectivity index (χ1) is 17.2. The van der Waals surface area contributed by atoms with Gasteiger partial charge in [-0.1, -0.05) is 4.98 Å². The van der Waals surface area contributed by atoms with E-state index in [0.717, 1.165) is 14.2 Å². The van der Waals surface area contributed by atoms with Gasteiger partial charge in [0.15, 0.2) is 6.33 Å². The lowest BCUT2D eigenvalue weighted by molar-refractivity contribution is -0.746. The van der Waals surface area contributed by atoms with Crippen molar-refractivity contribution in [2.24, 2.45) is 7.05 Å². The van der Waals surface area contributed by atoms with Crippen molar-refractivity contribution in [1.29, 1.82) is 0 Å². The van der Waals surface area contributed by atoms with Crippen molar-refractivity contribution in [3.8, 4) is 12.1 Å². The first kappa shape index (κ1) is 29.6. The number of fused-ring (bicyclic) bond motifs is 1. The molecule has 0 amide bonds. The molecule has 18 nitrogen and oxygen atoms in total. The number of rotatable bonds is 11. The van der Waals surface area contributed by atoms with E-state index in [1.54, 1.807) is 12.7 Å². The fourth-order valence-electron chi connectivity index (χ4n) is 3.45. The van der Waals surface area contributed by atoms with Crippen molar-refractivity contribution < 1.29 is 59.9 Å². The topological polar surface area (TPSA) is 237 Å². The zero-order valence-corrected chi connectivity index (χ0v) is 22.5. The number of nitrogens with zero attached hydrogens (tertiary/aromatic N) is 3. The molecule has 5 unspecified atom stereocenters. The fraction of sp³-hybridized carbons (Fsp3) is 0.562. The standard InChI is InChI=1S/C16H24N5O13P3/c1-6-35(24,29-4)33-36(25,26)34-37(27,30-5)31-7-9-11(22)12(28-3)15(32-9)21-8-20(2)10-13(21)18-16(17)19-14(10)23/h1,8-9,11-12,15,22H,7H2,2-5H3,(H3-,17,18,19,23,25,26)/p+1/t9-,11?,12?,15-,35?,37?/m1/s1. The number of terminal acetylenes is 1. The monoisotopic (exact) mass is 588 g/mol. The average molecular weight is 588 g/mol. The molecule has 0 saturated carbocycles. The van der Waals surface area contributed by atoms with Crippen molar-refractivity contribution in [3.63, 3.8) is 0 Å². The number of nitrogen functional groups attached to an aromatic ring is 1. The number of phosphoric acid groups is 2. The van der Waals surface area contributed by atoms with Crippen molar-refractivity contribution >= 4 is 40.4 Å². The third kappa shape index (κ3) is 6.21. The third-order valence-electron chi connectivity index (χ3n) is 5.08. The summed E-state index contributed by atoms with van der Waals surface area (Å²) in [6, 6.07) is 0. The van der Waals surface area contributed by atoms with Gasteiger partial charge in [0.2, 0.25) is 11.7 Å². The van der Waals surface area contributed by atoms with Crippen LogP contribution in [0.25, 0.3) is 11.2 Å². The van der Waals surface area contributed by atoms with Gasteiger partial charge in [-0.05, 0) is 0 Å². The average Bonchev–Trinajstić information content (AvgIpc) is 3.32. The van der Waals surface area contributed by atoms with Crippen LogP contribution in [0.3, 0.4) is 0 Å². The van der Waals surface area contributed by atoms with E-state index < -0.39 is 59.9 Å². The number of aliphatic hydroxyl groups is 1. The molecule has 37 heavy (non-hydrogen) atoms. The van der Waals surface area contributed by atoms with Gasteiger partial charge in [0, 0.05) is 27.0 Å². The van der Waals surface area contributed by atoms with E-state index in [0.29, 0.717) is 0 Å². The van der Waals surface area contributed by atoms with E-state index >= 15 is 0 Å². The summed E-state index contributed by atoms with van der Waals surface area (Å²) in [4.78, 5) is 28.6. The molecule has 1 aliphatic heterocycles. The van der Waals surface area contributed by atoms with Crippen LogP contribution in [0.1, 0.15) is 6.23 Å². The van der Waals surface area contributed by atoms with Crippen LogP contribution in [-0.4, -0.2) is 70.8 Å². The maximum atomic E-state index is 12.8. The van der Waals surface area contributed by atoms with Gasteiger partial charge in [-0.15, -0.1) is 6.42 Å². The minimum atomic E-state index is -5.40. The fourth-order valence-corrected chi connectivity index (χ4v) is 7.39. The number of aromatic nitrogens is 4. The van der Waals surface area contributed by atoms with Crippen molar-refractivity contribution in [1.82, 2.24) is 14.5 Å². The number of imidazole rings is 1. The molecular formula is C16H25N5O13P3+. The highest BCUT2D eigenvalue weighted by Crippen LogP contribution is 2.69. The Kier molecular flexibility index (Phi) is 8.82. The summed E-state index contributed by atoms with van der Waals surface area (Å²) < 4.78 is 73.6. The minimum Gasteiger partial charge on any atom is -0.387 e. The molecule has 21 heteroatoms. The smallest absolute Gasteiger partial charge is 0.387 e. The molecule has 3 heterocycles. The summed E-state index contributed by atoms with van der Waals surface area (Å²) in [5.74, 6) is -0.165. The Morgan fingerprint density at radius 3 is 2.54 bits per heavy atom. The second-order valence-electron chi connectivity index (χ2n) is 7.38. The van der Waals surface area contributed by atoms with E-state index in [1.807, 2.05) is 0 Å². The Morgan fingerprint density at radius 1 is 1.30 bits per heavy atom. The van der Waals surface area contributed by atoms with Gasteiger partial charge in [-0.2, -0.15) is 8.62 Å². The number of hydrogen-bond donors (Lipinski definition) is 4. The summed E-state index contributed by atoms with van der Waals surface area (Å²) in [7, 11) is -10.2. The summed E-state index contributed by atoms with van der Waals surface area (Å²) in [5.41, 5.74) is 6.95. The van der Waals surface area contributed by atoms with E-state index in [4.69, 9.17) is 26.2 Å². The van der Waals surface area contributed by atoms with Crippen LogP contribution in [0.2, 0.25) is 0 Å². The summed E-state index contributed by atoms with van der Waals surface area (Å²) in [5, 5.41) is 10.7. The van der Waals surface area contributed by atoms with Crippen LogP contribution >= 0.6 is 23.2 Å². The van der Waals surface area contributed by atoms with Crippen molar-refractivity contribution in [2.45, 2.75) is 24.5 Å². The zero-order chi connectivity index (χ0) is 27.8. The number of phosphoric ester groups is 1. The number of hydrogen-bond acceptors (Lipinski definition) is 14. The third-order valence-corrected chi connectivity index (χ3v) is 10.1. The number of nitrogens with one attached hydrogen (secondary N) is 1. The number of aromatic amines is 1. The van der Waals surface area contributed by atoms with Crippen LogP contribution in [0.5, 0.6) is 0 Å². The highest BCUT2D eigenvalue weighted by molar-refractivity contribution is 7.71. The minimum absolute atomic E-state index is 0.116. The van der Waals surface area contributed by atoms with E-state index in [9.17, 15) is 28.5 Å². The Bertz CT molecular complexity index is 1400. The maximum Gasteiger partial charge on any atom is 0.489 e. The Labute approximate surface area is 209 Å². The molecule has 1 aliphatic rings. The number of aliphatic hydroxyl groups excluding tert-OH is 1. The number of H-pyrrole nitrogens is 1. The number of ether oxygens (including phenoxy) is 2. The van der Waals surface area contributed by atoms with Crippen LogP contribution in [0.4, 0.5) is 5.95 Å². The van der Waals surface area contributed by atoms with Crippen LogP contribution in [-0.2, 0) is 52.4 Å². The van der Waals surface area contributed by atoms with Crippen LogP contribution in [0.15, 0.2) is 11.1 Å². The number of anilines is 1. The SMILES string of the molecule is C#CP(=O)(OC)OP(=O)(O)OP(=O)(OC)OC[C@H]1O[C@@H]([n+]2cn(C)c3c(=O)[nH]c(N)nc32)C(OC)C1O. The van der Waals surface area contributed by atoms with Crippen LogP contribution < -0.4 is 15.9 Å².